The Labute approximate surface area is 123 Å². The van der Waals surface area contributed by atoms with Gasteiger partial charge < -0.3 is 15.3 Å². The fourth-order valence-electron chi connectivity index (χ4n) is 2.69. The molecule has 0 bridgehead atoms. The Morgan fingerprint density at radius 1 is 1.38 bits per heavy atom. The lowest BCUT2D eigenvalue weighted by Gasteiger charge is -2.38. The van der Waals surface area contributed by atoms with Crippen LogP contribution in [-0.4, -0.2) is 54.4 Å². The highest BCUT2D eigenvalue weighted by Gasteiger charge is 2.33. The number of alkyl halides is 3. The van der Waals surface area contributed by atoms with Gasteiger partial charge in [0.15, 0.2) is 0 Å². The van der Waals surface area contributed by atoms with Gasteiger partial charge in [-0.25, -0.2) is 0 Å². The van der Waals surface area contributed by atoms with Gasteiger partial charge >= 0.3 is 6.18 Å². The van der Waals surface area contributed by atoms with E-state index in [1.165, 1.54) is 0 Å². The van der Waals surface area contributed by atoms with Crippen LogP contribution in [0, 0.1) is 11.8 Å². The number of piperidine rings is 1. The van der Waals surface area contributed by atoms with Crippen LogP contribution in [0.5, 0.6) is 0 Å². The van der Waals surface area contributed by atoms with Crippen LogP contribution in [0.2, 0.25) is 0 Å². The molecule has 1 saturated heterocycles. The van der Waals surface area contributed by atoms with Crippen molar-refractivity contribution in [1.82, 2.24) is 10.2 Å². The summed E-state index contributed by atoms with van der Waals surface area (Å²) < 4.78 is 36.9. The van der Waals surface area contributed by atoms with E-state index in [1.54, 1.807) is 4.90 Å². The van der Waals surface area contributed by atoms with Crippen molar-refractivity contribution in [1.29, 1.82) is 0 Å². The lowest BCUT2D eigenvalue weighted by atomic mass is 9.91. The van der Waals surface area contributed by atoms with Gasteiger partial charge in [0.25, 0.3) is 0 Å². The van der Waals surface area contributed by atoms with E-state index in [0.29, 0.717) is 32.4 Å². The number of nitrogens with one attached hydrogen (secondary N) is 1. The number of carbonyl (C=O) groups excluding carboxylic acids is 1. The minimum absolute atomic E-state index is 0.0110. The number of amides is 1. The predicted octanol–water partition coefficient (Wildman–Crippen LogP) is 1.78. The molecule has 0 aromatic carbocycles. The molecule has 1 aliphatic rings. The number of halogens is 3. The van der Waals surface area contributed by atoms with Crippen molar-refractivity contribution in [2.45, 2.75) is 45.3 Å². The van der Waals surface area contributed by atoms with Crippen LogP contribution in [0.15, 0.2) is 0 Å². The first-order valence-electron chi connectivity index (χ1n) is 7.40. The second-order valence-electron chi connectivity index (χ2n) is 6.20. The maximum absolute atomic E-state index is 12.3. The molecular formula is C14H25F3N2O2. The second-order valence-corrected chi connectivity index (χ2v) is 6.20. The summed E-state index contributed by atoms with van der Waals surface area (Å²) >= 11 is 0. The zero-order valence-electron chi connectivity index (χ0n) is 12.6. The molecule has 0 aliphatic carbocycles. The quantitative estimate of drug-likeness (QED) is 0.786. The Morgan fingerprint density at radius 2 is 2.05 bits per heavy atom. The van der Waals surface area contributed by atoms with E-state index in [0.717, 1.165) is 0 Å². The third-order valence-electron chi connectivity index (χ3n) is 3.60. The molecule has 2 N–H and O–H groups in total. The van der Waals surface area contributed by atoms with Crippen LogP contribution in [0.1, 0.15) is 33.1 Å². The van der Waals surface area contributed by atoms with Crippen LogP contribution in [0.25, 0.3) is 0 Å². The van der Waals surface area contributed by atoms with Gasteiger partial charge in [0.1, 0.15) is 0 Å². The second kappa shape index (κ2) is 7.98. The van der Waals surface area contributed by atoms with E-state index in [-0.39, 0.29) is 30.4 Å². The van der Waals surface area contributed by atoms with Gasteiger partial charge in [-0.05, 0) is 24.7 Å². The van der Waals surface area contributed by atoms with Gasteiger partial charge in [-0.2, -0.15) is 13.2 Å². The fourth-order valence-corrected chi connectivity index (χ4v) is 2.69. The summed E-state index contributed by atoms with van der Waals surface area (Å²) in [4.78, 5) is 13.8. The molecule has 0 saturated carbocycles. The Morgan fingerprint density at radius 3 is 2.57 bits per heavy atom. The first kappa shape index (κ1) is 18.2. The minimum Gasteiger partial charge on any atom is -0.396 e. The molecule has 0 spiro atoms. The molecule has 0 aromatic rings. The third kappa shape index (κ3) is 7.13. The average molecular weight is 310 g/mol. The smallest absolute Gasteiger partial charge is 0.396 e. The molecule has 1 aliphatic heterocycles. The van der Waals surface area contributed by atoms with Crippen molar-refractivity contribution < 1.29 is 23.1 Å². The molecule has 1 rings (SSSR count). The molecule has 124 valence electrons. The Bertz CT molecular complexity index is 335. The molecule has 7 heteroatoms. The summed E-state index contributed by atoms with van der Waals surface area (Å²) in [5, 5.41) is 11.5. The summed E-state index contributed by atoms with van der Waals surface area (Å²) in [6.07, 6.45) is -2.79. The van der Waals surface area contributed by atoms with E-state index in [9.17, 15) is 18.0 Å². The number of rotatable bonds is 6. The summed E-state index contributed by atoms with van der Waals surface area (Å²) in [6.45, 7) is 3.65. The van der Waals surface area contributed by atoms with Crippen LogP contribution < -0.4 is 5.32 Å². The SMILES string of the molecule is CC(C)CC(=O)N1CC(CCO)CC(NCC(F)(F)F)C1. The van der Waals surface area contributed by atoms with Gasteiger partial charge in [0.05, 0.1) is 6.54 Å². The van der Waals surface area contributed by atoms with Crippen molar-refractivity contribution in [3.8, 4) is 0 Å². The minimum atomic E-state index is -4.25. The highest BCUT2D eigenvalue weighted by molar-refractivity contribution is 5.76. The number of aliphatic hydroxyl groups excluding tert-OH is 1. The lowest BCUT2D eigenvalue weighted by Crippen LogP contribution is -2.53. The van der Waals surface area contributed by atoms with E-state index < -0.39 is 12.7 Å². The maximum Gasteiger partial charge on any atom is 0.401 e. The van der Waals surface area contributed by atoms with Gasteiger partial charge in [-0.1, -0.05) is 13.8 Å². The first-order valence-corrected chi connectivity index (χ1v) is 7.40. The van der Waals surface area contributed by atoms with Crippen molar-refractivity contribution in [2.24, 2.45) is 11.8 Å². The molecule has 2 unspecified atom stereocenters. The van der Waals surface area contributed by atoms with Gasteiger partial charge in [0.2, 0.25) is 5.91 Å². The first-order chi connectivity index (χ1) is 9.71. The number of aliphatic hydroxyl groups is 1. The number of carbonyl (C=O) groups is 1. The predicted molar refractivity (Wildman–Crippen MR) is 73.7 cm³/mol. The summed E-state index contributed by atoms with van der Waals surface area (Å²) in [5.41, 5.74) is 0. The Hall–Kier alpha value is -0.820. The van der Waals surface area contributed by atoms with Crippen LogP contribution in [0.3, 0.4) is 0 Å². The molecule has 2 atom stereocenters. The molecule has 21 heavy (non-hydrogen) atoms. The topological polar surface area (TPSA) is 52.6 Å². The Kier molecular flexibility index (Phi) is 6.93. The van der Waals surface area contributed by atoms with E-state index in [4.69, 9.17) is 5.11 Å². The van der Waals surface area contributed by atoms with Gasteiger partial charge in [-0.3, -0.25) is 4.79 Å². The van der Waals surface area contributed by atoms with Crippen LogP contribution in [0.4, 0.5) is 13.2 Å². The zero-order valence-corrected chi connectivity index (χ0v) is 12.6. The molecule has 1 fully saturated rings. The standard InChI is InChI=1S/C14H25F3N2O2/c1-10(2)5-13(21)19-7-11(3-4-20)6-12(8-19)18-9-14(15,16)17/h10-12,18,20H,3-9H2,1-2H3. The molecule has 0 radical (unpaired) electrons. The maximum atomic E-state index is 12.3. The number of hydrogen-bond donors (Lipinski definition) is 2. The molecule has 0 aromatic heterocycles. The Balaban J connectivity index is 2.61. The van der Waals surface area contributed by atoms with E-state index >= 15 is 0 Å². The monoisotopic (exact) mass is 310 g/mol. The van der Waals surface area contributed by atoms with Gasteiger partial charge in [-0.15, -0.1) is 0 Å². The van der Waals surface area contributed by atoms with E-state index in [2.05, 4.69) is 5.32 Å². The average Bonchev–Trinajstić information content (AvgIpc) is 2.35. The number of nitrogens with zero attached hydrogens (tertiary/aromatic N) is 1. The fraction of sp³-hybridized carbons (Fsp3) is 0.929. The van der Waals surface area contributed by atoms with Crippen molar-refractivity contribution in [3.63, 3.8) is 0 Å². The van der Waals surface area contributed by atoms with Crippen molar-refractivity contribution in [3.05, 3.63) is 0 Å². The van der Waals surface area contributed by atoms with Crippen molar-refractivity contribution >= 4 is 5.91 Å². The molecule has 1 amide bonds. The third-order valence-corrected chi connectivity index (χ3v) is 3.60. The summed E-state index contributed by atoms with van der Waals surface area (Å²) in [5.74, 6) is 0.245. The molecule has 4 nitrogen and oxygen atoms in total. The van der Waals surface area contributed by atoms with E-state index in [1.807, 2.05) is 13.8 Å². The highest BCUT2D eigenvalue weighted by Crippen LogP contribution is 2.22. The van der Waals surface area contributed by atoms with Crippen LogP contribution >= 0.6 is 0 Å². The largest absolute Gasteiger partial charge is 0.401 e. The lowest BCUT2D eigenvalue weighted by molar-refractivity contribution is -0.136. The molecule has 1 heterocycles. The van der Waals surface area contributed by atoms with Crippen molar-refractivity contribution in [2.75, 3.05) is 26.2 Å². The summed E-state index contributed by atoms with van der Waals surface area (Å²) in [6, 6.07) is -0.368. The zero-order chi connectivity index (χ0) is 16.0. The summed E-state index contributed by atoms with van der Waals surface area (Å²) in [7, 11) is 0. The molecular weight excluding hydrogens is 285 g/mol. The van der Waals surface area contributed by atoms with Gasteiger partial charge in [0, 0.05) is 32.2 Å². The van der Waals surface area contributed by atoms with Crippen LogP contribution in [-0.2, 0) is 4.79 Å². The number of likely N-dealkylation sites (tertiary alicyclic amines) is 1. The highest BCUT2D eigenvalue weighted by atomic mass is 19.4. The normalized spacial score (nSPS) is 23.7. The number of hydrogen-bond acceptors (Lipinski definition) is 3.